The van der Waals surface area contributed by atoms with Crippen LogP contribution in [-0.4, -0.2) is 21.0 Å². The molecule has 1 aromatic heterocycles. The Balaban J connectivity index is 3.09. The maximum atomic E-state index is 10.4. The van der Waals surface area contributed by atoms with Gasteiger partial charge in [-0.2, -0.15) is 0 Å². The Morgan fingerprint density at radius 2 is 2.25 bits per heavy atom. The van der Waals surface area contributed by atoms with Crippen molar-refractivity contribution in [3.05, 3.63) is 11.5 Å². The second kappa shape index (κ2) is 2.84. The van der Waals surface area contributed by atoms with Crippen molar-refractivity contribution < 1.29 is 9.90 Å². The number of nitrogens with zero attached hydrogens (tertiary/aromatic N) is 1. The minimum absolute atomic E-state index is 0.101. The molecule has 0 bridgehead atoms. The van der Waals surface area contributed by atoms with E-state index in [1.807, 2.05) is 13.8 Å². The summed E-state index contributed by atoms with van der Waals surface area (Å²) in [6.45, 7) is 3.82. The molecule has 0 saturated carbocycles. The number of nitrogen functional groups attached to an aromatic ring is 1. The smallest absolute Gasteiger partial charge is 0.371 e. The van der Waals surface area contributed by atoms with Crippen LogP contribution in [0.15, 0.2) is 0 Å². The summed E-state index contributed by atoms with van der Waals surface area (Å²) in [4.78, 5) is 16.7. The number of carboxylic acids is 1. The summed E-state index contributed by atoms with van der Waals surface area (Å²) >= 11 is 0. The van der Waals surface area contributed by atoms with Gasteiger partial charge in [0.15, 0.2) is 0 Å². The lowest BCUT2D eigenvalue weighted by Gasteiger charge is -1.99. The van der Waals surface area contributed by atoms with Gasteiger partial charge in [0.25, 0.3) is 0 Å². The topological polar surface area (TPSA) is 92.0 Å². The van der Waals surface area contributed by atoms with E-state index in [1.54, 1.807) is 0 Å². The van der Waals surface area contributed by atoms with E-state index in [-0.39, 0.29) is 17.6 Å². The number of hydrogen-bond donors (Lipinski definition) is 3. The molecule has 66 valence electrons. The second-order valence-corrected chi connectivity index (χ2v) is 2.84. The van der Waals surface area contributed by atoms with Gasteiger partial charge in [0, 0.05) is 0 Å². The average Bonchev–Trinajstić information content (AvgIpc) is 2.30. The van der Waals surface area contributed by atoms with Crippen LogP contribution < -0.4 is 5.73 Å². The van der Waals surface area contributed by atoms with Crippen LogP contribution in [0, 0.1) is 0 Å². The molecular formula is C7H11N3O2. The molecule has 5 heteroatoms. The summed E-state index contributed by atoms with van der Waals surface area (Å²) in [5.74, 6) is -0.766. The molecule has 0 aliphatic rings. The van der Waals surface area contributed by atoms with E-state index in [4.69, 9.17) is 10.8 Å². The first-order valence-corrected chi connectivity index (χ1v) is 3.61. The van der Waals surface area contributed by atoms with Crippen molar-refractivity contribution in [1.29, 1.82) is 0 Å². The summed E-state index contributed by atoms with van der Waals surface area (Å²) in [6, 6.07) is 0. The summed E-state index contributed by atoms with van der Waals surface area (Å²) in [7, 11) is 0. The van der Waals surface area contributed by atoms with E-state index in [1.165, 1.54) is 0 Å². The SMILES string of the molecule is CC(C)c1[nH]c(C(=O)O)nc1N. The fourth-order valence-electron chi connectivity index (χ4n) is 0.942. The van der Waals surface area contributed by atoms with Crippen molar-refractivity contribution >= 4 is 11.8 Å². The molecule has 0 radical (unpaired) electrons. The van der Waals surface area contributed by atoms with Crippen LogP contribution in [0.25, 0.3) is 0 Å². The molecule has 0 aliphatic carbocycles. The van der Waals surface area contributed by atoms with E-state index < -0.39 is 5.97 Å². The van der Waals surface area contributed by atoms with Gasteiger partial charge >= 0.3 is 5.97 Å². The van der Waals surface area contributed by atoms with Gasteiger partial charge in [-0.3, -0.25) is 0 Å². The number of hydrogen-bond acceptors (Lipinski definition) is 3. The number of carbonyl (C=O) groups is 1. The van der Waals surface area contributed by atoms with Gasteiger partial charge in [0.05, 0.1) is 5.69 Å². The minimum atomic E-state index is -1.09. The highest BCUT2D eigenvalue weighted by Gasteiger charge is 2.14. The van der Waals surface area contributed by atoms with Gasteiger partial charge in [-0.1, -0.05) is 13.8 Å². The molecular weight excluding hydrogens is 158 g/mol. The number of anilines is 1. The summed E-state index contributed by atoms with van der Waals surface area (Å²) in [5.41, 5.74) is 6.15. The minimum Gasteiger partial charge on any atom is -0.475 e. The van der Waals surface area contributed by atoms with Gasteiger partial charge in [-0.25, -0.2) is 9.78 Å². The monoisotopic (exact) mass is 169 g/mol. The molecule has 0 atom stereocenters. The zero-order chi connectivity index (χ0) is 9.30. The highest BCUT2D eigenvalue weighted by molar-refractivity contribution is 5.84. The average molecular weight is 169 g/mol. The first kappa shape index (κ1) is 8.58. The molecule has 0 aromatic carbocycles. The molecule has 1 aromatic rings. The fourth-order valence-corrected chi connectivity index (χ4v) is 0.942. The number of carboxylic acid groups (broad SMARTS) is 1. The van der Waals surface area contributed by atoms with Crippen LogP contribution >= 0.6 is 0 Å². The Morgan fingerprint density at radius 1 is 1.67 bits per heavy atom. The molecule has 0 spiro atoms. The molecule has 0 aliphatic heterocycles. The predicted octanol–water partition coefficient (Wildman–Crippen LogP) is 0.814. The van der Waals surface area contributed by atoms with Crippen LogP contribution in [0.4, 0.5) is 5.82 Å². The number of nitrogens with two attached hydrogens (primary N) is 1. The Morgan fingerprint density at radius 3 is 2.50 bits per heavy atom. The van der Waals surface area contributed by atoms with Crippen molar-refractivity contribution in [1.82, 2.24) is 9.97 Å². The van der Waals surface area contributed by atoms with Crippen molar-refractivity contribution in [2.45, 2.75) is 19.8 Å². The predicted molar refractivity (Wildman–Crippen MR) is 44.0 cm³/mol. The van der Waals surface area contributed by atoms with Crippen LogP contribution in [0.5, 0.6) is 0 Å². The molecule has 0 unspecified atom stereocenters. The number of imidazole rings is 1. The first-order chi connectivity index (χ1) is 5.52. The lowest BCUT2D eigenvalue weighted by molar-refractivity contribution is 0.0684. The quantitative estimate of drug-likeness (QED) is 0.611. The van der Waals surface area contributed by atoms with Gasteiger partial charge in [-0.05, 0) is 5.92 Å². The molecule has 0 fully saturated rings. The molecule has 5 nitrogen and oxygen atoms in total. The Hall–Kier alpha value is -1.52. The van der Waals surface area contributed by atoms with Crippen LogP contribution in [0.1, 0.15) is 36.1 Å². The summed E-state index contributed by atoms with van der Waals surface area (Å²) < 4.78 is 0. The number of rotatable bonds is 2. The lowest BCUT2D eigenvalue weighted by Crippen LogP contribution is -1.99. The number of aromatic amines is 1. The zero-order valence-corrected chi connectivity index (χ0v) is 6.96. The van der Waals surface area contributed by atoms with Gasteiger partial charge in [0.2, 0.25) is 5.82 Å². The number of aromatic carboxylic acids is 1. The van der Waals surface area contributed by atoms with E-state index >= 15 is 0 Å². The molecule has 0 amide bonds. The molecule has 1 heterocycles. The van der Waals surface area contributed by atoms with Gasteiger partial charge in [0.1, 0.15) is 5.82 Å². The largest absolute Gasteiger partial charge is 0.475 e. The highest BCUT2D eigenvalue weighted by Crippen LogP contribution is 2.18. The van der Waals surface area contributed by atoms with Crippen molar-refractivity contribution in [2.75, 3.05) is 5.73 Å². The normalized spacial score (nSPS) is 10.6. The molecule has 1 rings (SSSR count). The Bertz CT molecular complexity index is 304. The van der Waals surface area contributed by atoms with E-state index in [0.29, 0.717) is 5.69 Å². The maximum absolute atomic E-state index is 10.4. The fraction of sp³-hybridized carbons (Fsp3) is 0.429. The molecule has 0 saturated heterocycles. The third kappa shape index (κ3) is 1.39. The van der Waals surface area contributed by atoms with Gasteiger partial charge in [-0.15, -0.1) is 0 Å². The standard InChI is InChI=1S/C7H11N3O2/c1-3(2)4-5(8)10-6(9-4)7(11)12/h3H,8H2,1-2H3,(H,9,10)(H,11,12). The van der Waals surface area contributed by atoms with Crippen molar-refractivity contribution in [3.8, 4) is 0 Å². The summed E-state index contributed by atoms with van der Waals surface area (Å²) in [5, 5.41) is 8.56. The Kier molecular flexibility index (Phi) is 2.03. The van der Waals surface area contributed by atoms with E-state index in [9.17, 15) is 4.79 Å². The highest BCUT2D eigenvalue weighted by atomic mass is 16.4. The van der Waals surface area contributed by atoms with Crippen LogP contribution in [0.2, 0.25) is 0 Å². The van der Waals surface area contributed by atoms with Crippen LogP contribution in [0.3, 0.4) is 0 Å². The summed E-state index contributed by atoms with van der Waals surface area (Å²) in [6.07, 6.45) is 0. The van der Waals surface area contributed by atoms with E-state index in [0.717, 1.165) is 0 Å². The van der Waals surface area contributed by atoms with Gasteiger partial charge < -0.3 is 15.8 Å². The first-order valence-electron chi connectivity index (χ1n) is 3.61. The second-order valence-electron chi connectivity index (χ2n) is 2.84. The Labute approximate surface area is 69.6 Å². The van der Waals surface area contributed by atoms with E-state index in [2.05, 4.69) is 9.97 Å². The third-order valence-corrected chi connectivity index (χ3v) is 1.54. The van der Waals surface area contributed by atoms with Crippen LogP contribution in [-0.2, 0) is 0 Å². The number of nitrogens with one attached hydrogen (secondary N) is 1. The lowest BCUT2D eigenvalue weighted by atomic mass is 10.1. The number of H-pyrrole nitrogens is 1. The number of aromatic nitrogens is 2. The maximum Gasteiger partial charge on any atom is 0.371 e. The molecule has 12 heavy (non-hydrogen) atoms. The van der Waals surface area contributed by atoms with Crippen molar-refractivity contribution in [3.63, 3.8) is 0 Å². The van der Waals surface area contributed by atoms with Crippen molar-refractivity contribution in [2.24, 2.45) is 0 Å². The third-order valence-electron chi connectivity index (χ3n) is 1.54. The molecule has 4 N–H and O–H groups in total. The zero-order valence-electron chi connectivity index (χ0n) is 6.96.